The second kappa shape index (κ2) is 17.2. The van der Waals surface area contributed by atoms with Gasteiger partial charge in [-0.3, -0.25) is 20.2 Å². The number of hydrogen-bond donors (Lipinski definition) is 4. The third-order valence-electron chi connectivity index (χ3n) is 1.85. The largest absolute Gasteiger partial charge is 1.00 e. The fourth-order valence-corrected chi connectivity index (χ4v) is 0.647. The van der Waals surface area contributed by atoms with Gasteiger partial charge in [-0.2, -0.15) is 0 Å². The Morgan fingerprint density at radius 3 is 1.18 bits per heavy atom. The minimum absolute atomic E-state index is 0. The SMILES string of the molecule is CC(NCC(=O)[O-])C(=O)O.CC(NCC(=O)[O-])C(=O)O.[Na+].[Na+]. The summed E-state index contributed by atoms with van der Waals surface area (Å²) in [6.45, 7) is 1.83. The Morgan fingerprint density at radius 2 is 1.05 bits per heavy atom. The molecule has 0 radical (unpaired) electrons. The summed E-state index contributed by atoms with van der Waals surface area (Å²) in [5, 5.41) is 40.4. The number of carboxylic acid groups (broad SMARTS) is 4. The molecule has 0 spiro atoms. The normalized spacial score (nSPS) is 11.4. The Hall–Kier alpha value is -0.200. The van der Waals surface area contributed by atoms with E-state index in [0.29, 0.717) is 0 Å². The Labute approximate surface area is 171 Å². The summed E-state index contributed by atoms with van der Waals surface area (Å²) in [6, 6.07) is -1.70. The zero-order valence-corrected chi connectivity index (χ0v) is 16.9. The molecule has 0 aliphatic heterocycles. The molecule has 0 aromatic carbocycles. The van der Waals surface area contributed by atoms with Crippen molar-refractivity contribution in [1.82, 2.24) is 10.6 Å². The number of aliphatic carboxylic acids is 4. The molecule has 0 heterocycles. The Morgan fingerprint density at radius 1 is 0.818 bits per heavy atom. The fraction of sp³-hybridized carbons (Fsp3) is 0.600. The maximum atomic E-state index is 10.0. The molecule has 0 rings (SSSR count). The van der Waals surface area contributed by atoms with Crippen LogP contribution < -0.4 is 80.0 Å². The molecule has 12 heteroatoms. The van der Waals surface area contributed by atoms with Crippen LogP contribution in [0.2, 0.25) is 0 Å². The van der Waals surface area contributed by atoms with E-state index in [1.54, 1.807) is 0 Å². The Bertz CT molecular complexity index is 333. The van der Waals surface area contributed by atoms with Crippen molar-refractivity contribution in [2.24, 2.45) is 0 Å². The van der Waals surface area contributed by atoms with Crippen molar-refractivity contribution >= 4 is 23.9 Å². The topological polar surface area (TPSA) is 179 Å². The van der Waals surface area contributed by atoms with Crippen molar-refractivity contribution in [3.8, 4) is 0 Å². The average Bonchev–Trinajstić information content (AvgIpc) is 2.33. The van der Waals surface area contributed by atoms with E-state index in [1.807, 2.05) is 0 Å². The second-order valence-electron chi connectivity index (χ2n) is 3.63. The van der Waals surface area contributed by atoms with Gasteiger partial charge in [0, 0.05) is 13.1 Å². The van der Waals surface area contributed by atoms with Crippen LogP contribution in [0, 0.1) is 0 Å². The third-order valence-corrected chi connectivity index (χ3v) is 1.85. The number of nitrogens with one attached hydrogen (secondary N) is 2. The molecule has 0 aromatic heterocycles. The molecule has 10 nitrogen and oxygen atoms in total. The molecule has 2 unspecified atom stereocenters. The van der Waals surface area contributed by atoms with Crippen molar-refractivity contribution in [2.75, 3.05) is 13.1 Å². The first-order valence-corrected chi connectivity index (χ1v) is 5.40. The molecule has 2 atom stereocenters. The first kappa shape index (κ1) is 29.8. The monoisotopic (exact) mass is 338 g/mol. The number of carbonyl (C=O) groups is 4. The smallest absolute Gasteiger partial charge is 0.549 e. The molecule has 0 amide bonds. The summed E-state index contributed by atoms with van der Waals surface area (Å²) in [6.07, 6.45) is 0. The van der Waals surface area contributed by atoms with Crippen LogP contribution in [0.15, 0.2) is 0 Å². The maximum Gasteiger partial charge on any atom is 1.00 e. The van der Waals surface area contributed by atoms with Crippen molar-refractivity contribution in [3.63, 3.8) is 0 Å². The predicted octanol–water partition coefficient (Wildman–Crippen LogP) is -10.4. The van der Waals surface area contributed by atoms with Crippen LogP contribution in [0.3, 0.4) is 0 Å². The van der Waals surface area contributed by atoms with Crippen molar-refractivity contribution in [3.05, 3.63) is 0 Å². The van der Waals surface area contributed by atoms with Gasteiger partial charge >= 0.3 is 71.1 Å². The van der Waals surface area contributed by atoms with Gasteiger partial charge in [-0.15, -0.1) is 0 Å². The van der Waals surface area contributed by atoms with E-state index in [4.69, 9.17) is 10.2 Å². The maximum absolute atomic E-state index is 10.0. The van der Waals surface area contributed by atoms with E-state index in [2.05, 4.69) is 10.6 Å². The van der Waals surface area contributed by atoms with Gasteiger partial charge in [-0.1, -0.05) is 0 Å². The van der Waals surface area contributed by atoms with Gasteiger partial charge in [0.05, 0.1) is 11.9 Å². The van der Waals surface area contributed by atoms with Crippen LogP contribution in [0.25, 0.3) is 0 Å². The standard InChI is InChI=1S/2C5H9NO4.2Na/c2*1-3(5(9)10)6-2-4(7)8;;/h2*3,6H,2H2,1H3,(H,7,8)(H,9,10);;/q;;2*+1/p-2. The van der Waals surface area contributed by atoms with Crippen LogP contribution in [0.5, 0.6) is 0 Å². The van der Waals surface area contributed by atoms with Gasteiger partial charge in [0.15, 0.2) is 0 Å². The molecular weight excluding hydrogens is 322 g/mol. The van der Waals surface area contributed by atoms with Crippen LogP contribution >= 0.6 is 0 Å². The van der Waals surface area contributed by atoms with Crippen molar-refractivity contribution in [1.29, 1.82) is 0 Å². The molecule has 0 fully saturated rings. The van der Waals surface area contributed by atoms with E-state index in [-0.39, 0.29) is 59.1 Å². The van der Waals surface area contributed by atoms with E-state index in [9.17, 15) is 29.4 Å². The summed E-state index contributed by atoms with van der Waals surface area (Å²) in [5.41, 5.74) is 0. The van der Waals surface area contributed by atoms with E-state index >= 15 is 0 Å². The van der Waals surface area contributed by atoms with Gasteiger partial charge in [0.1, 0.15) is 12.1 Å². The summed E-state index contributed by atoms with van der Waals surface area (Å²) in [5.74, 6) is -4.79. The van der Waals surface area contributed by atoms with E-state index in [0.717, 1.165) is 0 Å². The molecule has 4 N–H and O–H groups in total. The van der Waals surface area contributed by atoms with Gasteiger partial charge in [0.25, 0.3) is 0 Å². The summed E-state index contributed by atoms with van der Waals surface area (Å²) >= 11 is 0. The van der Waals surface area contributed by atoms with Crippen LogP contribution in [0.1, 0.15) is 13.8 Å². The molecule has 0 saturated carbocycles. The zero-order chi connectivity index (χ0) is 16.3. The number of hydrogen-bond acceptors (Lipinski definition) is 8. The van der Waals surface area contributed by atoms with E-state index < -0.39 is 49.1 Å². The number of carbonyl (C=O) groups excluding carboxylic acids is 2. The van der Waals surface area contributed by atoms with E-state index in [1.165, 1.54) is 13.8 Å². The van der Waals surface area contributed by atoms with Gasteiger partial charge in [-0.05, 0) is 13.8 Å². The molecule has 0 saturated heterocycles. The zero-order valence-electron chi connectivity index (χ0n) is 12.9. The van der Waals surface area contributed by atoms with Gasteiger partial charge < -0.3 is 30.0 Å². The third kappa shape index (κ3) is 22.1. The second-order valence-corrected chi connectivity index (χ2v) is 3.63. The quantitative estimate of drug-likeness (QED) is 0.310. The molecule has 0 aliphatic rings. The molecule has 22 heavy (non-hydrogen) atoms. The van der Waals surface area contributed by atoms with Crippen LogP contribution in [0.4, 0.5) is 0 Å². The average molecular weight is 338 g/mol. The summed E-state index contributed by atoms with van der Waals surface area (Å²) < 4.78 is 0. The molecule has 0 aromatic rings. The minimum Gasteiger partial charge on any atom is -0.549 e. The molecule has 0 aliphatic carbocycles. The van der Waals surface area contributed by atoms with Gasteiger partial charge in [0.2, 0.25) is 0 Å². The van der Waals surface area contributed by atoms with Crippen molar-refractivity contribution in [2.45, 2.75) is 25.9 Å². The van der Waals surface area contributed by atoms with Crippen molar-refractivity contribution < 1.29 is 98.7 Å². The molecule has 0 bridgehead atoms. The van der Waals surface area contributed by atoms with Gasteiger partial charge in [-0.25, -0.2) is 0 Å². The van der Waals surface area contributed by atoms with Crippen LogP contribution in [-0.4, -0.2) is 59.3 Å². The fourth-order valence-electron chi connectivity index (χ4n) is 0.647. The Balaban J connectivity index is -0.000000135. The molecular formula is C10H16N2Na2O8. The summed E-state index contributed by atoms with van der Waals surface area (Å²) in [4.78, 5) is 39.6. The molecule has 116 valence electrons. The van der Waals surface area contributed by atoms with Crippen LogP contribution in [-0.2, 0) is 19.2 Å². The number of carboxylic acids is 4. The number of rotatable bonds is 8. The first-order chi connectivity index (χ1) is 9.07. The first-order valence-electron chi connectivity index (χ1n) is 5.40. The Kier molecular flexibility index (Phi) is 23.2. The predicted molar refractivity (Wildman–Crippen MR) is 60.2 cm³/mol. The summed E-state index contributed by atoms with van der Waals surface area (Å²) in [7, 11) is 0. The minimum atomic E-state index is -1.31.